The standard InChI is InChI=1S/C23H24FN3O3/c1-30-22-19-4-2-3-5-20(19)23(29)27(25-22)15-14-26-12-10-17(11-13-26)21(28)16-6-8-18(24)9-7-16/h2-9,17H,10-15H2,1H3. The first-order valence-electron chi connectivity index (χ1n) is 10.1. The summed E-state index contributed by atoms with van der Waals surface area (Å²) in [5.74, 6) is 0.129. The summed E-state index contributed by atoms with van der Waals surface area (Å²) in [6, 6.07) is 13.0. The minimum atomic E-state index is -0.337. The molecule has 1 aliphatic heterocycles. The van der Waals surface area contributed by atoms with E-state index in [1.807, 2.05) is 18.2 Å². The fourth-order valence-corrected chi connectivity index (χ4v) is 4.01. The maximum Gasteiger partial charge on any atom is 0.274 e. The van der Waals surface area contributed by atoms with E-state index >= 15 is 0 Å². The lowest BCUT2D eigenvalue weighted by Gasteiger charge is -2.31. The van der Waals surface area contributed by atoms with Crippen LogP contribution in [0.4, 0.5) is 4.39 Å². The Labute approximate surface area is 173 Å². The lowest BCUT2D eigenvalue weighted by Crippen LogP contribution is -2.39. The molecule has 2 aromatic carbocycles. The quantitative estimate of drug-likeness (QED) is 0.586. The Kier molecular flexibility index (Phi) is 5.90. The summed E-state index contributed by atoms with van der Waals surface area (Å²) in [4.78, 5) is 27.6. The van der Waals surface area contributed by atoms with Crippen LogP contribution in [-0.2, 0) is 6.54 Å². The summed E-state index contributed by atoms with van der Waals surface area (Å²) < 4.78 is 19.9. The number of fused-ring (bicyclic) bond motifs is 1. The van der Waals surface area contributed by atoms with Gasteiger partial charge in [-0.3, -0.25) is 9.59 Å². The molecule has 0 amide bonds. The van der Waals surface area contributed by atoms with E-state index < -0.39 is 0 Å². The predicted molar refractivity (Wildman–Crippen MR) is 112 cm³/mol. The Balaban J connectivity index is 1.38. The third-order valence-corrected chi connectivity index (χ3v) is 5.74. The van der Waals surface area contributed by atoms with E-state index in [4.69, 9.17) is 4.74 Å². The lowest BCUT2D eigenvalue weighted by atomic mass is 9.89. The Bertz CT molecular complexity index is 1100. The van der Waals surface area contributed by atoms with E-state index in [-0.39, 0.29) is 23.1 Å². The lowest BCUT2D eigenvalue weighted by molar-refractivity contribution is 0.0836. The van der Waals surface area contributed by atoms with E-state index in [1.54, 1.807) is 25.3 Å². The minimum absolute atomic E-state index is 0.0479. The third kappa shape index (κ3) is 4.11. The minimum Gasteiger partial charge on any atom is -0.480 e. The Hall–Kier alpha value is -3.06. The molecule has 2 heterocycles. The Morgan fingerprint density at radius 3 is 2.40 bits per heavy atom. The second-order valence-corrected chi connectivity index (χ2v) is 7.57. The molecule has 1 fully saturated rings. The van der Waals surface area contributed by atoms with E-state index in [2.05, 4.69) is 10.00 Å². The molecule has 0 N–H and O–H groups in total. The van der Waals surface area contributed by atoms with Crippen molar-refractivity contribution in [3.05, 3.63) is 70.3 Å². The van der Waals surface area contributed by atoms with Gasteiger partial charge in [0.25, 0.3) is 5.56 Å². The number of nitrogens with zero attached hydrogens (tertiary/aromatic N) is 3. The molecular formula is C23H24FN3O3. The average Bonchev–Trinajstić information content (AvgIpc) is 2.79. The number of aromatic nitrogens is 2. The topological polar surface area (TPSA) is 64.4 Å². The maximum atomic E-state index is 13.1. The van der Waals surface area contributed by atoms with Crippen molar-refractivity contribution in [2.24, 2.45) is 5.92 Å². The van der Waals surface area contributed by atoms with Crippen LogP contribution in [0.1, 0.15) is 23.2 Å². The monoisotopic (exact) mass is 409 g/mol. The van der Waals surface area contributed by atoms with Crippen LogP contribution in [0.3, 0.4) is 0 Å². The van der Waals surface area contributed by atoms with Gasteiger partial charge in [-0.1, -0.05) is 12.1 Å². The van der Waals surface area contributed by atoms with Crippen molar-refractivity contribution in [3.63, 3.8) is 0 Å². The van der Waals surface area contributed by atoms with Crippen molar-refractivity contribution < 1.29 is 13.9 Å². The van der Waals surface area contributed by atoms with Crippen LogP contribution in [0.2, 0.25) is 0 Å². The van der Waals surface area contributed by atoms with Gasteiger partial charge in [-0.15, -0.1) is 5.10 Å². The second-order valence-electron chi connectivity index (χ2n) is 7.57. The highest BCUT2D eigenvalue weighted by Gasteiger charge is 2.26. The second kappa shape index (κ2) is 8.75. The number of ether oxygens (including phenoxy) is 1. The van der Waals surface area contributed by atoms with Crippen LogP contribution in [-0.4, -0.2) is 47.2 Å². The van der Waals surface area contributed by atoms with Gasteiger partial charge in [-0.05, 0) is 62.3 Å². The summed E-state index contributed by atoms with van der Waals surface area (Å²) in [7, 11) is 1.55. The van der Waals surface area contributed by atoms with Crippen LogP contribution in [0, 0.1) is 11.7 Å². The number of methoxy groups -OCH3 is 1. The fraction of sp³-hybridized carbons (Fsp3) is 0.348. The van der Waals surface area contributed by atoms with Crippen molar-refractivity contribution >= 4 is 16.6 Å². The molecule has 1 aromatic heterocycles. The number of Topliss-reactive ketones (excluding diaryl/α,β-unsaturated/α-hetero) is 1. The molecule has 4 rings (SSSR count). The predicted octanol–water partition coefficient (Wildman–Crippen LogP) is 3.14. The van der Waals surface area contributed by atoms with Gasteiger partial charge in [0.1, 0.15) is 5.82 Å². The zero-order chi connectivity index (χ0) is 21.1. The zero-order valence-electron chi connectivity index (χ0n) is 16.9. The van der Waals surface area contributed by atoms with Gasteiger partial charge in [-0.25, -0.2) is 9.07 Å². The average molecular weight is 409 g/mol. The number of ketones is 1. The maximum absolute atomic E-state index is 13.1. The van der Waals surface area contributed by atoms with Crippen LogP contribution in [0.5, 0.6) is 5.88 Å². The zero-order valence-corrected chi connectivity index (χ0v) is 16.9. The number of piperidine rings is 1. The summed E-state index contributed by atoms with van der Waals surface area (Å²) in [5, 5.41) is 5.66. The molecule has 0 saturated carbocycles. The molecule has 0 aliphatic carbocycles. The normalized spacial score (nSPS) is 15.4. The van der Waals surface area contributed by atoms with E-state index in [0.717, 1.165) is 25.9 Å². The molecule has 0 unspecified atom stereocenters. The number of likely N-dealkylation sites (tertiary alicyclic amines) is 1. The molecule has 0 radical (unpaired) electrons. The molecule has 3 aromatic rings. The molecular weight excluding hydrogens is 385 g/mol. The Morgan fingerprint density at radius 1 is 1.07 bits per heavy atom. The van der Waals surface area contributed by atoms with E-state index in [1.165, 1.54) is 16.8 Å². The first-order chi connectivity index (χ1) is 14.6. The molecule has 30 heavy (non-hydrogen) atoms. The molecule has 0 bridgehead atoms. The van der Waals surface area contributed by atoms with Gasteiger partial charge in [0.2, 0.25) is 5.88 Å². The fourth-order valence-electron chi connectivity index (χ4n) is 4.01. The van der Waals surface area contributed by atoms with E-state index in [0.29, 0.717) is 35.3 Å². The van der Waals surface area contributed by atoms with Crippen LogP contribution in [0.25, 0.3) is 10.8 Å². The first-order valence-corrected chi connectivity index (χ1v) is 10.1. The highest BCUT2D eigenvalue weighted by atomic mass is 19.1. The van der Waals surface area contributed by atoms with Gasteiger partial charge in [0, 0.05) is 18.0 Å². The van der Waals surface area contributed by atoms with Crippen LogP contribution in [0.15, 0.2) is 53.3 Å². The highest BCUT2D eigenvalue weighted by Crippen LogP contribution is 2.22. The number of halogens is 1. The highest BCUT2D eigenvalue weighted by molar-refractivity contribution is 5.97. The Morgan fingerprint density at radius 2 is 1.73 bits per heavy atom. The van der Waals surface area contributed by atoms with Gasteiger partial charge >= 0.3 is 0 Å². The number of carbonyl (C=O) groups is 1. The van der Waals surface area contributed by atoms with Crippen LogP contribution >= 0.6 is 0 Å². The molecule has 1 aliphatic rings. The molecule has 6 nitrogen and oxygen atoms in total. The summed E-state index contributed by atoms with van der Waals surface area (Å²) in [6.45, 7) is 2.68. The molecule has 7 heteroatoms. The largest absolute Gasteiger partial charge is 0.480 e. The van der Waals surface area contributed by atoms with Gasteiger partial charge in [-0.2, -0.15) is 0 Å². The number of rotatable bonds is 6. The van der Waals surface area contributed by atoms with Crippen molar-refractivity contribution in [1.82, 2.24) is 14.7 Å². The number of carbonyl (C=O) groups excluding carboxylic acids is 1. The van der Waals surface area contributed by atoms with Gasteiger partial charge in [0.15, 0.2) is 5.78 Å². The number of hydrogen-bond donors (Lipinski definition) is 0. The third-order valence-electron chi connectivity index (χ3n) is 5.74. The summed E-state index contributed by atoms with van der Waals surface area (Å²) in [6.07, 6.45) is 1.50. The van der Waals surface area contributed by atoms with Gasteiger partial charge in [0.05, 0.1) is 24.4 Å². The molecule has 0 atom stereocenters. The summed E-state index contributed by atoms with van der Waals surface area (Å²) in [5.41, 5.74) is 0.432. The SMILES string of the molecule is COc1nn(CCN2CCC(C(=O)c3ccc(F)cc3)CC2)c(=O)c2ccccc12. The smallest absolute Gasteiger partial charge is 0.274 e. The van der Waals surface area contributed by atoms with Crippen molar-refractivity contribution in [2.75, 3.05) is 26.7 Å². The van der Waals surface area contributed by atoms with Gasteiger partial charge < -0.3 is 9.64 Å². The van der Waals surface area contributed by atoms with Crippen molar-refractivity contribution in [1.29, 1.82) is 0 Å². The molecule has 0 spiro atoms. The van der Waals surface area contributed by atoms with E-state index in [9.17, 15) is 14.0 Å². The first kappa shape index (κ1) is 20.2. The number of benzene rings is 2. The van der Waals surface area contributed by atoms with Crippen molar-refractivity contribution in [3.8, 4) is 5.88 Å². The summed E-state index contributed by atoms with van der Waals surface area (Å²) >= 11 is 0. The number of hydrogen-bond acceptors (Lipinski definition) is 5. The molecule has 156 valence electrons. The van der Waals surface area contributed by atoms with Crippen LogP contribution < -0.4 is 10.3 Å². The van der Waals surface area contributed by atoms with Crippen molar-refractivity contribution in [2.45, 2.75) is 19.4 Å². The molecule has 1 saturated heterocycles.